The van der Waals surface area contributed by atoms with Gasteiger partial charge >= 0.3 is 0 Å². The third kappa shape index (κ3) is 5.51. The predicted octanol–water partition coefficient (Wildman–Crippen LogP) is 3.02. The van der Waals surface area contributed by atoms with E-state index in [4.69, 9.17) is 9.47 Å². The van der Waals surface area contributed by atoms with Gasteiger partial charge in [-0.3, -0.25) is 9.59 Å². The fraction of sp³-hybridized carbons (Fsp3) is 0.308. The predicted molar refractivity (Wildman–Crippen MR) is 133 cm³/mol. The molecule has 2 aromatic heterocycles. The number of hydrogen-bond acceptors (Lipinski definition) is 6. The first-order chi connectivity index (χ1) is 17.0. The van der Waals surface area contributed by atoms with Gasteiger partial charge in [0.1, 0.15) is 17.9 Å². The maximum atomic E-state index is 13.0. The highest BCUT2D eigenvalue weighted by Gasteiger charge is 2.15. The molecule has 2 heterocycles. The number of fused-ring (bicyclic) bond motifs is 1. The first-order valence-electron chi connectivity index (χ1n) is 11.7. The molecule has 0 aliphatic rings. The highest BCUT2D eigenvalue weighted by molar-refractivity contribution is 5.75. The number of aryl methyl sites for hydroxylation is 1. The van der Waals surface area contributed by atoms with Crippen LogP contribution < -0.4 is 20.3 Å². The number of hydrogen-bond donors (Lipinski definition) is 1. The van der Waals surface area contributed by atoms with Crippen molar-refractivity contribution < 1.29 is 14.3 Å². The molecule has 4 aromatic rings. The van der Waals surface area contributed by atoms with Gasteiger partial charge in [-0.25, -0.2) is 9.20 Å². The molecule has 182 valence electrons. The van der Waals surface area contributed by atoms with Crippen LogP contribution >= 0.6 is 0 Å². The summed E-state index contributed by atoms with van der Waals surface area (Å²) in [6.07, 6.45) is 0.613. The van der Waals surface area contributed by atoms with Crippen molar-refractivity contribution in [3.05, 3.63) is 76.3 Å². The molecular weight excluding hydrogens is 446 g/mol. The van der Waals surface area contributed by atoms with Gasteiger partial charge in [0.05, 0.1) is 18.9 Å². The summed E-state index contributed by atoms with van der Waals surface area (Å²) in [5.74, 6) is 1.62. The lowest BCUT2D eigenvalue weighted by molar-refractivity contribution is -0.121. The number of carbonyl (C=O) groups excluding carboxylic acids is 1. The van der Waals surface area contributed by atoms with Crippen LogP contribution in [0.5, 0.6) is 11.5 Å². The largest absolute Gasteiger partial charge is 0.490 e. The summed E-state index contributed by atoms with van der Waals surface area (Å²) < 4.78 is 13.9. The lowest BCUT2D eigenvalue weighted by Gasteiger charge is -2.13. The van der Waals surface area contributed by atoms with E-state index in [1.165, 1.54) is 9.20 Å². The van der Waals surface area contributed by atoms with Crippen LogP contribution in [0.4, 0.5) is 0 Å². The summed E-state index contributed by atoms with van der Waals surface area (Å²) in [5, 5.41) is 11.7. The molecule has 2 aromatic carbocycles. The normalized spacial score (nSPS) is 10.9. The Morgan fingerprint density at radius 1 is 0.971 bits per heavy atom. The molecule has 0 unspecified atom stereocenters. The zero-order chi connectivity index (χ0) is 24.8. The maximum absolute atomic E-state index is 13.0. The van der Waals surface area contributed by atoms with Crippen molar-refractivity contribution >= 4 is 11.4 Å². The number of rotatable bonds is 10. The number of ether oxygens (including phenoxy) is 2. The van der Waals surface area contributed by atoms with Crippen LogP contribution in [0.25, 0.3) is 16.8 Å². The zero-order valence-corrected chi connectivity index (χ0v) is 20.2. The molecule has 0 spiro atoms. The smallest absolute Gasteiger partial charge is 0.293 e. The number of nitrogens with zero attached hydrogens (tertiary/aromatic N) is 4. The zero-order valence-electron chi connectivity index (χ0n) is 20.2. The van der Waals surface area contributed by atoms with Crippen molar-refractivity contribution in [2.24, 2.45) is 0 Å². The minimum atomic E-state index is -0.367. The van der Waals surface area contributed by atoms with Crippen LogP contribution in [0.1, 0.15) is 25.2 Å². The Morgan fingerprint density at radius 2 is 1.71 bits per heavy atom. The second-order valence-corrected chi connectivity index (χ2v) is 7.95. The van der Waals surface area contributed by atoms with Gasteiger partial charge in [-0.1, -0.05) is 36.4 Å². The monoisotopic (exact) mass is 475 g/mol. The Kier molecular flexibility index (Phi) is 7.45. The number of aromatic nitrogens is 4. The van der Waals surface area contributed by atoms with E-state index >= 15 is 0 Å². The van der Waals surface area contributed by atoms with E-state index < -0.39 is 0 Å². The van der Waals surface area contributed by atoms with Crippen molar-refractivity contribution in [3.8, 4) is 22.8 Å². The van der Waals surface area contributed by atoms with Crippen molar-refractivity contribution in [2.75, 3.05) is 19.8 Å². The summed E-state index contributed by atoms with van der Waals surface area (Å²) in [5.41, 5.74) is 2.60. The quantitative estimate of drug-likeness (QED) is 0.379. The van der Waals surface area contributed by atoms with Gasteiger partial charge in [0.2, 0.25) is 5.91 Å². The second-order valence-electron chi connectivity index (χ2n) is 7.95. The van der Waals surface area contributed by atoms with Gasteiger partial charge in [0, 0.05) is 12.1 Å². The molecule has 0 fully saturated rings. The van der Waals surface area contributed by atoms with Gasteiger partial charge in [-0.15, -0.1) is 0 Å². The summed E-state index contributed by atoms with van der Waals surface area (Å²) in [6, 6.07) is 17.1. The van der Waals surface area contributed by atoms with E-state index in [9.17, 15) is 9.59 Å². The Labute approximate surface area is 203 Å². The fourth-order valence-corrected chi connectivity index (χ4v) is 3.82. The molecule has 0 bridgehead atoms. The number of amides is 1. The summed E-state index contributed by atoms with van der Waals surface area (Å²) >= 11 is 0. The molecule has 4 rings (SSSR count). The molecule has 0 saturated heterocycles. The van der Waals surface area contributed by atoms with Gasteiger partial charge in [-0.2, -0.15) is 10.2 Å². The molecular formula is C26H29N5O4. The Hall–Kier alpha value is -4.14. The lowest BCUT2D eigenvalue weighted by Crippen LogP contribution is -2.35. The highest BCUT2D eigenvalue weighted by atomic mass is 16.5. The third-order valence-electron chi connectivity index (χ3n) is 5.44. The summed E-state index contributed by atoms with van der Waals surface area (Å²) in [7, 11) is 0. The van der Waals surface area contributed by atoms with Gasteiger partial charge in [0.25, 0.3) is 5.56 Å². The summed E-state index contributed by atoms with van der Waals surface area (Å²) in [4.78, 5) is 25.5. The number of carbonyl (C=O) groups is 1. The molecule has 0 atom stereocenters. The maximum Gasteiger partial charge on any atom is 0.293 e. The van der Waals surface area contributed by atoms with Crippen molar-refractivity contribution in [3.63, 3.8) is 0 Å². The molecule has 9 heteroatoms. The van der Waals surface area contributed by atoms with Gasteiger partial charge in [-0.05, 0) is 51.0 Å². The van der Waals surface area contributed by atoms with E-state index in [1.807, 2.05) is 62.4 Å². The van der Waals surface area contributed by atoms with E-state index in [0.717, 1.165) is 11.1 Å². The Morgan fingerprint density at radius 3 is 2.46 bits per heavy atom. The number of benzene rings is 2. The van der Waals surface area contributed by atoms with Crippen LogP contribution in [0.15, 0.2) is 59.4 Å². The molecule has 9 nitrogen and oxygen atoms in total. The first kappa shape index (κ1) is 24.0. The molecule has 0 aliphatic heterocycles. The summed E-state index contributed by atoms with van der Waals surface area (Å²) in [6.45, 7) is 6.94. The molecule has 0 radical (unpaired) electrons. The standard InChI is InChI=1S/C26H29N5O4/c1-4-34-23-12-11-19(15-24(23)35-5-2)13-14-27-25(32)17-30-26(33)22-16-21(20-9-7-6-8-10-20)29-31(22)18(3)28-30/h6-12,15-16H,4-5,13-14,17H2,1-3H3,(H,27,32). The SMILES string of the molecule is CCOc1ccc(CCNC(=O)Cn2nc(C)n3nc(-c4ccccc4)cc3c2=O)cc1OCC. The second kappa shape index (κ2) is 10.9. The van der Waals surface area contributed by atoms with Gasteiger partial charge in [0.15, 0.2) is 11.5 Å². The van der Waals surface area contributed by atoms with E-state index in [0.29, 0.717) is 54.7 Å². The van der Waals surface area contributed by atoms with Crippen LogP contribution in [0.3, 0.4) is 0 Å². The molecule has 1 amide bonds. The van der Waals surface area contributed by atoms with Crippen molar-refractivity contribution in [1.29, 1.82) is 0 Å². The van der Waals surface area contributed by atoms with E-state index in [1.54, 1.807) is 13.0 Å². The fourth-order valence-electron chi connectivity index (χ4n) is 3.82. The first-order valence-corrected chi connectivity index (χ1v) is 11.7. The average molecular weight is 476 g/mol. The van der Waals surface area contributed by atoms with E-state index in [2.05, 4.69) is 15.5 Å². The minimum Gasteiger partial charge on any atom is -0.490 e. The van der Waals surface area contributed by atoms with Gasteiger partial charge < -0.3 is 14.8 Å². The highest BCUT2D eigenvalue weighted by Crippen LogP contribution is 2.28. The van der Waals surface area contributed by atoms with Crippen molar-refractivity contribution in [1.82, 2.24) is 24.7 Å². The van der Waals surface area contributed by atoms with Crippen LogP contribution in [-0.2, 0) is 17.8 Å². The molecule has 35 heavy (non-hydrogen) atoms. The van der Waals surface area contributed by atoms with Crippen LogP contribution in [0, 0.1) is 6.92 Å². The minimum absolute atomic E-state index is 0.171. The molecule has 0 aliphatic carbocycles. The van der Waals surface area contributed by atoms with Crippen LogP contribution in [-0.4, -0.2) is 45.1 Å². The van der Waals surface area contributed by atoms with E-state index in [-0.39, 0.29) is 18.0 Å². The molecule has 1 N–H and O–H groups in total. The topological polar surface area (TPSA) is 99.8 Å². The molecule has 0 saturated carbocycles. The third-order valence-corrected chi connectivity index (χ3v) is 5.44. The van der Waals surface area contributed by atoms with Crippen molar-refractivity contribution in [2.45, 2.75) is 33.7 Å². The Bertz CT molecular complexity index is 1380. The number of nitrogens with one attached hydrogen (secondary N) is 1. The average Bonchev–Trinajstić information content (AvgIpc) is 3.31. The lowest BCUT2D eigenvalue weighted by atomic mass is 10.1. The Balaban J connectivity index is 1.42. The van der Waals surface area contributed by atoms with Crippen LogP contribution in [0.2, 0.25) is 0 Å².